The molecule has 0 spiro atoms. The van der Waals surface area contributed by atoms with Gasteiger partial charge in [-0.2, -0.15) is 0 Å². The van der Waals surface area contributed by atoms with Crippen LogP contribution in [0.25, 0.3) is 11.4 Å². The third-order valence-corrected chi connectivity index (χ3v) is 5.63. The van der Waals surface area contributed by atoms with Crippen molar-refractivity contribution in [3.63, 3.8) is 0 Å². The molecule has 0 atom stereocenters. The molecule has 0 fully saturated rings. The normalized spacial score (nSPS) is 11.5. The Hall–Kier alpha value is -2.98. The summed E-state index contributed by atoms with van der Waals surface area (Å²) >= 11 is 0. The Morgan fingerprint density at radius 3 is 2.46 bits per heavy atom. The number of hydrogen-bond acceptors (Lipinski definition) is 5. The van der Waals surface area contributed by atoms with E-state index in [2.05, 4.69) is 9.82 Å². The fourth-order valence-electron chi connectivity index (χ4n) is 2.65. The van der Waals surface area contributed by atoms with Crippen LogP contribution in [0.15, 0.2) is 58.2 Å². The predicted molar refractivity (Wildman–Crippen MR) is 101 cm³/mol. The average molecular weight is 406 g/mol. The topological polar surface area (TPSA) is 95.2 Å². The van der Waals surface area contributed by atoms with Gasteiger partial charge in [0.25, 0.3) is 0 Å². The van der Waals surface area contributed by atoms with Gasteiger partial charge in [-0.1, -0.05) is 12.1 Å². The largest absolute Gasteiger partial charge is 0.497 e. The Bertz CT molecular complexity index is 1140. The molecule has 0 radical (unpaired) electrons. The van der Waals surface area contributed by atoms with Crippen molar-refractivity contribution in [2.24, 2.45) is 7.05 Å². The molecule has 3 aromatic rings. The molecule has 8 nitrogen and oxygen atoms in total. The fourth-order valence-corrected chi connectivity index (χ4v) is 3.75. The number of nitrogens with one attached hydrogen (secondary N) is 1. The van der Waals surface area contributed by atoms with Crippen LogP contribution in [0.5, 0.6) is 5.75 Å². The van der Waals surface area contributed by atoms with Crippen LogP contribution in [0.4, 0.5) is 4.39 Å². The summed E-state index contributed by atoms with van der Waals surface area (Å²) in [7, 11) is -0.890. The summed E-state index contributed by atoms with van der Waals surface area (Å²) < 4.78 is 48.0. The summed E-state index contributed by atoms with van der Waals surface area (Å²) in [6.07, 6.45) is 0. The number of benzene rings is 2. The SMILES string of the molecule is COc1ccc(-c2nn(CCNS(=O)(=O)c3ccccc3F)c(=O)n2C)cc1. The maximum Gasteiger partial charge on any atom is 0.345 e. The first-order chi connectivity index (χ1) is 13.3. The standard InChI is InChI=1S/C18H19FN4O4S/c1-22-17(13-7-9-14(27-2)10-8-13)21-23(18(22)24)12-11-20-28(25,26)16-6-4-3-5-15(16)19/h3-10,20H,11-12H2,1-2H3. The first-order valence-electron chi connectivity index (χ1n) is 8.36. The highest BCUT2D eigenvalue weighted by Crippen LogP contribution is 2.19. The molecule has 0 aliphatic carbocycles. The zero-order valence-corrected chi connectivity index (χ0v) is 16.1. The second-order valence-electron chi connectivity index (χ2n) is 5.95. The molecule has 1 N–H and O–H groups in total. The Morgan fingerprint density at radius 2 is 1.82 bits per heavy atom. The Morgan fingerprint density at radius 1 is 1.14 bits per heavy atom. The minimum Gasteiger partial charge on any atom is -0.497 e. The molecule has 1 aromatic heterocycles. The van der Waals surface area contributed by atoms with E-state index in [0.29, 0.717) is 17.1 Å². The van der Waals surface area contributed by atoms with Crippen LogP contribution >= 0.6 is 0 Å². The molecule has 0 amide bonds. The van der Waals surface area contributed by atoms with Crippen LogP contribution in [-0.2, 0) is 23.6 Å². The first kappa shape index (κ1) is 19.8. The van der Waals surface area contributed by atoms with Crippen molar-refractivity contribution < 1.29 is 17.5 Å². The maximum absolute atomic E-state index is 13.7. The van der Waals surface area contributed by atoms with Crippen LogP contribution < -0.4 is 15.1 Å². The highest BCUT2D eigenvalue weighted by molar-refractivity contribution is 7.89. The van der Waals surface area contributed by atoms with E-state index in [-0.39, 0.29) is 13.1 Å². The van der Waals surface area contributed by atoms with Gasteiger partial charge in [0.15, 0.2) is 5.82 Å². The van der Waals surface area contributed by atoms with Gasteiger partial charge in [0, 0.05) is 19.2 Å². The van der Waals surface area contributed by atoms with Crippen molar-refractivity contribution in [2.75, 3.05) is 13.7 Å². The Kier molecular flexibility index (Phi) is 5.61. The van der Waals surface area contributed by atoms with E-state index in [1.165, 1.54) is 22.8 Å². The lowest BCUT2D eigenvalue weighted by Crippen LogP contribution is -2.32. The zero-order valence-electron chi connectivity index (χ0n) is 15.3. The third-order valence-electron chi connectivity index (χ3n) is 4.13. The number of hydrogen-bond donors (Lipinski definition) is 1. The van der Waals surface area contributed by atoms with Crippen LogP contribution in [0, 0.1) is 5.82 Å². The van der Waals surface area contributed by atoms with Crippen molar-refractivity contribution in [2.45, 2.75) is 11.4 Å². The molecule has 148 valence electrons. The Labute approximate surface area is 161 Å². The lowest BCUT2D eigenvalue weighted by Gasteiger charge is -2.07. The van der Waals surface area contributed by atoms with Gasteiger partial charge in [-0.25, -0.2) is 27.0 Å². The van der Waals surface area contributed by atoms with Crippen molar-refractivity contribution in [3.05, 3.63) is 64.8 Å². The molecular weight excluding hydrogens is 387 g/mol. The van der Waals surface area contributed by atoms with E-state index in [0.717, 1.165) is 10.7 Å². The second kappa shape index (κ2) is 7.95. The van der Waals surface area contributed by atoms with E-state index in [9.17, 15) is 17.6 Å². The zero-order chi connectivity index (χ0) is 20.3. The quantitative estimate of drug-likeness (QED) is 0.640. The third kappa shape index (κ3) is 3.97. The molecule has 1 heterocycles. The molecule has 2 aromatic carbocycles. The van der Waals surface area contributed by atoms with Gasteiger partial charge in [-0.05, 0) is 36.4 Å². The summed E-state index contributed by atoms with van der Waals surface area (Å²) in [6.45, 7) is -0.119. The van der Waals surface area contributed by atoms with Gasteiger partial charge < -0.3 is 4.74 Å². The van der Waals surface area contributed by atoms with Crippen LogP contribution in [-0.4, -0.2) is 36.4 Å². The summed E-state index contributed by atoms with van der Waals surface area (Å²) in [4.78, 5) is 11.9. The molecule has 0 aliphatic heterocycles. The predicted octanol–water partition coefficient (Wildman–Crippen LogP) is 1.37. The molecule has 0 aliphatic rings. The van der Waals surface area contributed by atoms with E-state index in [4.69, 9.17) is 4.74 Å². The van der Waals surface area contributed by atoms with Crippen LogP contribution in [0.2, 0.25) is 0 Å². The number of halogens is 1. The lowest BCUT2D eigenvalue weighted by atomic mass is 10.2. The van der Waals surface area contributed by atoms with Gasteiger partial charge in [0.05, 0.1) is 13.7 Å². The van der Waals surface area contributed by atoms with Gasteiger partial charge in [0.1, 0.15) is 16.5 Å². The summed E-state index contributed by atoms with van der Waals surface area (Å²) in [5, 5.41) is 4.26. The van der Waals surface area contributed by atoms with Gasteiger partial charge in [0.2, 0.25) is 10.0 Å². The van der Waals surface area contributed by atoms with Gasteiger partial charge in [-0.3, -0.25) is 4.57 Å². The molecular formula is C18H19FN4O4S. The summed E-state index contributed by atoms with van der Waals surface area (Å²) in [6, 6.07) is 12.1. The molecule has 10 heteroatoms. The van der Waals surface area contributed by atoms with Gasteiger partial charge in [-0.15, -0.1) is 5.10 Å². The van der Waals surface area contributed by atoms with E-state index in [1.54, 1.807) is 38.4 Å². The first-order valence-corrected chi connectivity index (χ1v) is 9.84. The van der Waals surface area contributed by atoms with Crippen molar-refractivity contribution in [3.8, 4) is 17.1 Å². The van der Waals surface area contributed by atoms with Crippen LogP contribution in [0.1, 0.15) is 0 Å². The molecule has 0 unspecified atom stereocenters. The smallest absolute Gasteiger partial charge is 0.345 e. The van der Waals surface area contributed by atoms with Crippen molar-refractivity contribution in [1.82, 2.24) is 19.1 Å². The molecule has 0 saturated heterocycles. The fraction of sp³-hybridized carbons (Fsp3) is 0.222. The summed E-state index contributed by atoms with van der Waals surface area (Å²) in [5.41, 5.74) is 0.321. The minimum absolute atomic E-state index is 0.00346. The van der Waals surface area contributed by atoms with E-state index in [1.807, 2.05) is 0 Å². The van der Waals surface area contributed by atoms with Crippen LogP contribution in [0.3, 0.4) is 0 Å². The summed E-state index contributed by atoms with van der Waals surface area (Å²) in [5.74, 6) is 0.271. The molecule has 0 bridgehead atoms. The number of rotatable bonds is 7. The van der Waals surface area contributed by atoms with E-state index < -0.39 is 26.4 Å². The monoisotopic (exact) mass is 406 g/mol. The number of methoxy groups -OCH3 is 1. The highest BCUT2D eigenvalue weighted by Gasteiger charge is 2.18. The molecule has 3 rings (SSSR count). The second-order valence-corrected chi connectivity index (χ2v) is 7.68. The minimum atomic E-state index is -4.03. The number of aromatic nitrogens is 3. The molecule has 0 saturated carbocycles. The van der Waals surface area contributed by atoms with Gasteiger partial charge >= 0.3 is 5.69 Å². The van der Waals surface area contributed by atoms with E-state index >= 15 is 0 Å². The van der Waals surface area contributed by atoms with Crippen molar-refractivity contribution in [1.29, 1.82) is 0 Å². The Balaban J connectivity index is 1.75. The lowest BCUT2D eigenvalue weighted by molar-refractivity contribution is 0.415. The number of ether oxygens (including phenoxy) is 1. The number of nitrogens with zero attached hydrogens (tertiary/aromatic N) is 3. The average Bonchev–Trinajstić information content (AvgIpc) is 2.97. The van der Waals surface area contributed by atoms with Crippen molar-refractivity contribution >= 4 is 10.0 Å². The number of sulfonamides is 1. The maximum atomic E-state index is 13.7. The molecule has 28 heavy (non-hydrogen) atoms. The highest BCUT2D eigenvalue weighted by atomic mass is 32.2.